The van der Waals surface area contributed by atoms with Gasteiger partial charge in [0.1, 0.15) is 24.0 Å². The second-order valence-corrected chi connectivity index (χ2v) is 7.92. The highest BCUT2D eigenvalue weighted by Crippen LogP contribution is 2.23. The Bertz CT molecular complexity index is 1330. The molecule has 1 heterocycles. The molecule has 6 heteroatoms. The first-order valence-electron chi connectivity index (χ1n) is 10.6. The number of nitriles is 1. The minimum Gasteiger partial charge on any atom is -0.488 e. The number of fused-ring (bicyclic) bond motifs is 1. The first-order chi connectivity index (χ1) is 16.1. The Morgan fingerprint density at radius 2 is 1.82 bits per heavy atom. The summed E-state index contributed by atoms with van der Waals surface area (Å²) >= 11 is 5.93. The molecule has 5 nitrogen and oxygen atoms in total. The molecule has 0 fully saturated rings. The van der Waals surface area contributed by atoms with Crippen molar-refractivity contribution in [1.29, 1.82) is 5.26 Å². The minimum atomic E-state index is -0.412. The van der Waals surface area contributed by atoms with Gasteiger partial charge in [-0.3, -0.25) is 4.79 Å². The fourth-order valence-corrected chi connectivity index (χ4v) is 3.65. The molecule has 0 aliphatic heterocycles. The van der Waals surface area contributed by atoms with Gasteiger partial charge in [-0.1, -0.05) is 60.1 Å². The van der Waals surface area contributed by atoms with E-state index in [-0.39, 0.29) is 5.57 Å². The van der Waals surface area contributed by atoms with Crippen LogP contribution in [0.1, 0.15) is 16.7 Å². The molecular formula is C27H22ClN3O2. The van der Waals surface area contributed by atoms with E-state index >= 15 is 0 Å². The SMILES string of the molecule is N#C/C(=C/c1ccccc1OCc1ccc(Cl)cc1)C(=O)NCCc1c[nH]c2ccccc12. The number of nitrogens with one attached hydrogen (secondary N) is 2. The summed E-state index contributed by atoms with van der Waals surface area (Å²) in [6, 6.07) is 24.7. The Morgan fingerprint density at radius 1 is 1.06 bits per heavy atom. The molecule has 0 aliphatic carbocycles. The lowest BCUT2D eigenvalue weighted by molar-refractivity contribution is -0.117. The fourth-order valence-electron chi connectivity index (χ4n) is 3.52. The van der Waals surface area contributed by atoms with Crippen LogP contribution in [0.4, 0.5) is 0 Å². The first-order valence-corrected chi connectivity index (χ1v) is 10.9. The molecule has 0 bridgehead atoms. The zero-order valence-corrected chi connectivity index (χ0v) is 18.6. The molecule has 0 unspecified atom stereocenters. The summed E-state index contributed by atoms with van der Waals surface area (Å²) in [6.45, 7) is 0.773. The summed E-state index contributed by atoms with van der Waals surface area (Å²) in [5, 5.41) is 14.2. The number of nitrogens with zero attached hydrogens (tertiary/aromatic N) is 1. The number of ether oxygens (including phenoxy) is 1. The maximum atomic E-state index is 12.6. The average molecular weight is 456 g/mol. The van der Waals surface area contributed by atoms with E-state index in [9.17, 15) is 10.1 Å². The number of H-pyrrole nitrogens is 1. The molecule has 0 atom stereocenters. The summed E-state index contributed by atoms with van der Waals surface area (Å²) in [6.07, 6.45) is 4.17. The number of aromatic nitrogens is 1. The number of hydrogen-bond donors (Lipinski definition) is 2. The van der Waals surface area contributed by atoms with Gasteiger partial charge in [-0.05, 0) is 47.9 Å². The minimum absolute atomic E-state index is 0.0245. The van der Waals surface area contributed by atoms with Crippen LogP contribution in [0, 0.1) is 11.3 Å². The van der Waals surface area contributed by atoms with Crippen molar-refractivity contribution < 1.29 is 9.53 Å². The Balaban J connectivity index is 1.40. The van der Waals surface area contributed by atoms with Gasteiger partial charge >= 0.3 is 0 Å². The summed E-state index contributed by atoms with van der Waals surface area (Å²) in [4.78, 5) is 15.9. The third-order valence-electron chi connectivity index (χ3n) is 5.25. The van der Waals surface area contributed by atoms with Crippen LogP contribution in [0.15, 0.2) is 84.6 Å². The number of hydrogen-bond acceptors (Lipinski definition) is 3. The lowest BCUT2D eigenvalue weighted by atomic mass is 10.1. The first kappa shape index (κ1) is 22.2. The Morgan fingerprint density at radius 3 is 2.64 bits per heavy atom. The third-order valence-corrected chi connectivity index (χ3v) is 5.50. The van der Waals surface area contributed by atoms with Crippen LogP contribution >= 0.6 is 11.6 Å². The molecule has 2 N–H and O–H groups in total. The monoisotopic (exact) mass is 455 g/mol. The number of carbonyl (C=O) groups excluding carboxylic acids is 1. The number of carbonyl (C=O) groups is 1. The third kappa shape index (κ3) is 5.62. The lowest BCUT2D eigenvalue weighted by Gasteiger charge is -2.10. The highest BCUT2D eigenvalue weighted by atomic mass is 35.5. The largest absolute Gasteiger partial charge is 0.488 e. The fraction of sp³-hybridized carbons (Fsp3) is 0.111. The van der Waals surface area contributed by atoms with Gasteiger partial charge in [-0.2, -0.15) is 5.26 Å². The van der Waals surface area contributed by atoms with Crippen molar-refractivity contribution in [1.82, 2.24) is 10.3 Å². The van der Waals surface area contributed by atoms with E-state index in [1.165, 1.54) is 0 Å². The van der Waals surface area contributed by atoms with Gasteiger partial charge in [-0.25, -0.2) is 0 Å². The van der Waals surface area contributed by atoms with Crippen molar-refractivity contribution in [2.45, 2.75) is 13.0 Å². The summed E-state index contributed by atoms with van der Waals surface area (Å²) in [5.74, 6) is 0.177. The highest BCUT2D eigenvalue weighted by molar-refractivity contribution is 6.30. The van der Waals surface area contributed by atoms with Crippen LogP contribution < -0.4 is 10.1 Å². The van der Waals surface area contributed by atoms with E-state index in [2.05, 4.69) is 10.3 Å². The molecular weight excluding hydrogens is 434 g/mol. The van der Waals surface area contributed by atoms with E-state index in [0.29, 0.717) is 35.9 Å². The number of aromatic amines is 1. The number of para-hydroxylation sites is 2. The predicted octanol–water partition coefficient (Wildman–Crippen LogP) is 5.67. The van der Waals surface area contributed by atoms with Gasteiger partial charge in [0.2, 0.25) is 0 Å². The van der Waals surface area contributed by atoms with Crippen LogP contribution in [-0.2, 0) is 17.8 Å². The van der Waals surface area contributed by atoms with Crippen LogP contribution in [-0.4, -0.2) is 17.4 Å². The maximum Gasteiger partial charge on any atom is 0.261 e. The number of halogens is 1. The molecule has 4 rings (SSSR count). The van der Waals surface area contributed by atoms with E-state index in [1.54, 1.807) is 18.2 Å². The summed E-state index contributed by atoms with van der Waals surface area (Å²) < 4.78 is 5.93. The van der Waals surface area contributed by atoms with Gasteiger partial charge in [-0.15, -0.1) is 0 Å². The van der Waals surface area contributed by atoms with Gasteiger partial charge < -0.3 is 15.0 Å². The quantitative estimate of drug-likeness (QED) is 0.265. The molecule has 1 aromatic heterocycles. The second kappa shape index (κ2) is 10.5. The zero-order valence-electron chi connectivity index (χ0n) is 17.8. The van der Waals surface area contributed by atoms with Gasteiger partial charge in [0.25, 0.3) is 5.91 Å². The van der Waals surface area contributed by atoms with Crippen molar-refractivity contribution in [2.75, 3.05) is 6.54 Å². The standard InChI is InChI=1S/C27H22ClN3O2/c28-23-11-9-19(10-12-23)18-33-26-8-4-1-5-20(26)15-22(16-29)27(32)30-14-13-21-17-31-25-7-3-2-6-24(21)25/h1-12,15,17,31H,13-14,18H2,(H,30,32)/b22-15-. The molecule has 164 valence electrons. The Labute approximate surface area is 197 Å². The van der Waals surface area contributed by atoms with Crippen LogP contribution in [0.3, 0.4) is 0 Å². The Hall–Kier alpha value is -4.01. The van der Waals surface area contributed by atoms with Crippen molar-refractivity contribution in [3.8, 4) is 11.8 Å². The topological polar surface area (TPSA) is 77.9 Å². The molecule has 0 aliphatic rings. The lowest BCUT2D eigenvalue weighted by Crippen LogP contribution is -2.26. The normalized spacial score (nSPS) is 11.2. The maximum absolute atomic E-state index is 12.6. The number of benzene rings is 3. The molecule has 4 aromatic rings. The van der Waals surface area contributed by atoms with Crippen molar-refractivity contribution in [3.63, 3.8) is 0 Å². The van der Waals surface area contributed by atoms with Gasteiger partial charge in [0.15, 0.2) is 0 Å². The molecule has 0 radical (unpaired) electrons. The van der Waals surface area contributed by atoms with E-state index < -0.39 is 5.91 Å². The van der Waals surface area contributed by atoms with Gasteiger partial charge in [0, 0.05) is 34.2 Å². The smallest absolute Gasteiger partial charge is 0.261 e. The highest BCUT2D eigenvalue weighted by Gasteiger charge is 2.11. The summed E-state index contributed by atoms with van der Waals surface area (Å²) in [5.41, 5.74) is 3.83. The van der Waals surface area contributed by atoms with E-state index in [1.807, 2.05) is 72.9 Å². The molecule has 0 saturated carbocycles. The van der Waals surface area contributed by atoms with Crippen LogP contribution in [0.2, 0.25) is 5.02 Å². The van der Waals surface area contributed by atoms with Crippen molar-refractivity contribution >= 4 is 34.5 Å². The van der Waals surface area contributed by atoms with Crippen LogP contribution in [0.25, 0.3) is 17.0 Å². The van der Waals surface area contributed by atoms with Gasteiger partial charge in [0.05, 0.1) is 0 Å². The molecule has 3 aromatic carbocycles. The molecule has 33 heavy (non-hydrogen) atoms. The number of rotatable bonds is 8. The molecule has 0 saturated heterocycles. The van der Waals surface area contributed by atoms with E-state index in [4.69, 9.17) is 16.3 Å². The summed E-state index contributed by atoms with van der Waals surface area (Å²) in [7, 11) is 0. The Kier molecular flexibility index (Phi) is 7.09. The molecule has 1 amide bonds. The van der Waals surface area contributed by atoms with E-state index in [0.717, 1.165) is 22.0 Å². The number of amides is 1. The zero-order chi connectivity index (χ0) is 23.0. The average Bonchev–Trinajstić information content (AvgIpc) is 3.26. The van der Waals surface area contributed by atoms with Crippen LogP contribution in [0.5, 0.6) is 5.75 Å². The van der Waals surface area contributed by atoms with Crippen molar-refractivity contribution in [2.24, 2.45) is 0 Å². The molecule has 0 spiro atoms. The predicted molar refractivity (Wildman–Crippen MR) is 131 cm³/mol. The van der Waals surface area contributed by atoms with Crippen molar-refractivity contribution in [3.05, 3.63) is 106 Å². The second-order valence-electron chi connectivity index (χ2n) is 7.49.